The van der Waals surface area contributed by atoms with Crippen LogP contribution in [0.5, 0.6) is 11.5 Å². The van der Waals surface area contributed by atoms with Crippen LogP contribution < -0.4 is 14.8 Å². The third-order valence-corrected chi connectivity index (χ3v) is 17.3. The predicted molar refractivity (Wildman–Crippen MR) is 296 cm³/mol. The Morgan fingerprint density at radius 1 is 0.910 bits per heavy atom. The number of aliphatic carboxylic acids is 1. The van der Waals surface area contributed by atoms with E-state index in [0.29, 0.717) is 98.0 Å². The quantitative estimate of drug-likeness (QED) is 0.0577. The summed E-state index contributed by atoms with van der Waals surface area (Å²) in [4.78, 5) is 32.0. The van der Waals surface area contributed by atoms with E-state index in [0.717, 1.165) is 55.5 Å². The third kappa shape index (κ3) is 12.5. The van der Waals surface area contributed by atoms with Gasteiger partial charge in [0.1, 0.15) is 50.4 Å². The molecule has 0 aliphatic carbocycles. The Hall–Kier alpha value is -6.59. The number of carboxylic acids is 1. The van der Waals surface area contributed by atoms with Gasteiger partial charge in [0.25, 0.3) is 0 Å². The van der Waals surface area contributed by atoms with Crippen LogP contribution in [0.1, 0.15) is 99.2 Å². The van der Waals surface area contributed by atoms with Crippen molar-refractivity contribution in [3.8, 4) is 16.5 Å². The van der Waals surface area contributed by atoms with Gasteiger partial charge in [-0.15, -0.1) is 26.6 Å². The van der Waals surface area contributed by atoms with Crippen molar-refractivity contribution in [2.24, 2.45) is 12.0 Å². The highest BCUT2D eigenvalue weighted by Crippen LogP contribution is 2.41. The number of halogens is 1. The number of aliphatic imine (C=N–C) groups is 1. The summed E-state index contributed by atoms with van der Waals surface area (Å²) in [7, 11) is -0.691. The van der Waals surface area contributed by atoms with E-state index < -0.39 is 34.1 Å². The third-order valence-electron chi connectivity index (χ3n) is 14.0. The lowest BCUT2D eigenvalue weighted by atomic mass is 9.86. The zero-order valence-corrected chi connectivity index (χ0v) is 47.1. The molecule has 3 aromatic heterocycles. The van der Waals surface area contributed by atoms with Crippen LogP contribution in [-0.4, -0.2) is 131 Å². The van der Waals surface area contributed by atoms with E-state index in [9.17, 15) is 23.1 Å². The fourth-order valence-electron chi connectivity index (χ4n) is 9.91. The molecule has 9 rings (SSSR count). The average molecular weight is 1120 g/mol. The van der Waals surface area contributed by atoms with Gasteiger partial charge in [-0.3, -0.25) is 19.1 Å². The molecule has 412 valence electrons. The Kier molecular flexibility index (Phi) is 17.7. The van der Waals surface area contributed by atoms with Crippen LogP contribution >= 0.6 is 22.9 Å². The number of fused-ring (bicyclic) bond motifs is 5. The number of ether oxygens (including phenoxy) is 5. The van der Waals surface area contributed by atoms with Gasteiger partial charge in [0.2, 0.25) is 15.9 Å². The second kappa shape index (κ2) is 24.6. The van der Waals surface area contributed by atoms with Crippen molar-refractivity contribution in [1.82, 2.24) is 39.4 Å². The van der Waals surface area contributed by atoms with Crippen molar-refractivity contribution < 1.29 is 46.8 Å². The zero-order chi connectivity index (χ0) is 55.3. The van der Waals surface area contributed by atoms with Crippen molar-refractivity contribution in [3.63, 3.8) is 0 Å². The highest BCUT2D eigenvalue weighted by molar-refractivity contribution is 7.89. The minimum Gasteiger partial charge on any atom is -0.494 e. The number of carbonyl (C=O) groups is 2. The molecule has 0 bridgehead atoms. The summed E-state index contributed by atoms with van der Waals surface area (Å²) < 4.78 is 62.9. The monoisotopic (exact) mass is 1120 g/mol. The molecule has 22 heteroatoms. The first-order valence-electron chi connectivity index (χ1n) is 25.8. The summed E-state index contributed by atoms with van der Waals surface area (Å²) in [5.74, 6) is 0.430. The van der Waals surface area contributed by atoms with Crippen molar-refractivity contribution >= 4 is 61.6 Å². The molecule has 0 radical (unpaired) electrons. The standard InChI is InChI=1S/C56H64ClN9O10S2/c1-33-10-12-40(44(29-51(68)69)41-27-45-54(48(28-41)72-7)64(6)63-61-45)26-42(33)32-65-31-34(2)76-47-25-38(11-17-49(47)78(65,70)71)9-8-19-73-21-23-75-24-22-74-20-18-58-50(67)30-46-55-62-60-37(5)66(55)56-52(35(3)36(4)77-56)53(59-46)39-13-15-43(57)16-14-39/h10-17,25-28,34,44,46H,8-9,18-24,29-32H2,1-7H3,(H,58,67)(H,68,69)/t34-,44+,46+/m1/s1. The number of hydrogen-bond donors (Lipinski definition) is 2. The SMILES string of the molecule is COc1cc([C@@H](CC(=O)O)c2ccc(C)c(CN3C[C@@H](C)Oc4cc(CCCOCCOCCOCCNC(=O)C[C@@H]5N=C(c6ccc(Cl)cc6)c6c(sc(C)c6C)-n6c(C)nnc65)ccc4S3(=O)=O)c2)cc2nnn(C)c12. The van der Waals surface area contributed by atoms with Gasteiger partial charge < -0.3 is 34.1 Å². The van der Waals surface area contributed by atoms with Crippen molar-refractivity contribution in [3.05, 3.63) is 139 Å². The summed E-state index contributed by atoms with van der Waals surface area (Å²) in [6, 6.07) is 21.5. The highest BCUT2D eigenvalue weighted by atomic mass is 35.5. The fraction of sp³-hybridized carbons (Fsp3) is 0.411. The van der Waals surface area contributed by atoms with Crippen LogP contribution in [0, 0.1) is 27.7 Å². The molecule has 4 aromatic carbocycles. The number of hydrogen-bond acceptors (Lipinski definition) is 15. The molecule has 2 N–H and O–H groups in total. The molecule has 2 aliphatic heterocycles. The number of nitrogens with one attached hydrogen (secondary N) is 1. The predicted octanol–water partition coefficient (Wildman–Crippen LogP) is 8.17. The lowest BCUT2D eigenvalue weighted by molar-refractivity contribution is -0.137. The molecule has 78 heavy (non-hydrogen) atoms. The Balaban J connectivity index is 0.703. The van der Waals surface area contributed by atoms with Crippen LogP contribution in [0.4, 0.5) is 0 Å². The molecule has 1 amide bonds. The number of carboxylic acid groups (broad SMARTS) is 1. The summed E-state index contributed by atoms with van der Waals surface area (Å²) in [5, 5.41) is 31.8. The molecule has 0 fully saturated rings. The van der Waals surface area contributed by atoms with Crippen LogP contribution in [0.2, 0.25) is 5.02 Å². The Labute approximate surface area is 462 Å². The maximum Gasteiger partial charge on any atom is 0.304 e. The normalized spacial score (nSPS) is 16.3. The maximum atomic E-state index is 14.3. The van der Waals surface area contributed by atoms with E-state index in [1.54, 1.807) is 42.3 Å². The molecule has 19 nitrogen and oxygen atoms in total. The number of rotatable bonds is 23. The first kappa shape index (κ1) is 56.1. The molecule has 0 unspecified atom stereocenters. The second-order valence-corrected chi connectivity index (χ2v) is 23.1. The lowest BCUT2D eigenvalue weighted by Crippen LogP contribution is -2.35. The molecular weight excluding hydrogens is 1060 g/mol. The van der Waals surface area contributed by atoms with Crippen molar-refractivity contribution in [1.29, 1.82) is 0 Å². The molecule has 2 aliphatic rings. The van der Waals surface area contributed by atoms with E-state index in [4.69, 9.17) is 40.3 Å². The van der Waals surface area contributed by atoms with Gasteiger partial charge in [0.15, 0.2) is 5.82 Å². The molecule has 7 aromatic rings. The van der Waals surface area contributed by atoms with Gasteiger partial charge in [-0.25, -0.2) is 13.1 Å². The number of amides is 1. The maximum absolute atomic E-state index is 14.3. The largest absolute Gasteiger partial charge is 0.494 e. The minimum atomic E-state index is -4.00. The first-order valence-corrected chi connectivity index (χ1v) is 28.5. The highest BCUT2D eigenvalue weighted by Gasteiger charge is 2.35. The van der Waals surface area contributed by atoms with Gasteiger partial charge >= 0.3 is 5.97 Å². The van der Waals surface area contributed by atoms with E-state index in [-0.39, 0.29) is 36.7 Å². The summed E-state index contributed by atoms with van der Waals surface area (Å²) in [6.45, 7) is 12.6. The van der Waals surface area contributed by atoms with Gasteiger partial charge in [0.05, 0.1) is 65.2 Å². The average Bonchev–Trinajstić information content (AvgIpc) is 4.11. The van der Waals surface area contributed by atoms with Crippen molar-refractivity contribution in [2.75, 3.05) is 59.8 Å². The van der Waals surface area contributed by atoms with E-state index in [2.05, 4.69) is 39.7 Å². The van der Waals surface area contributed by atoms with Crippen LogP contribution in [0.25, 0.3) is 16.0 Å². The number of aromatic nitrogens is 6. The summed E-state index contributed by atoms with van der Waals surface area (Å²) in [6.07, 6.45) is 0.771. The number of benzene rings is 4. The van der Waals surface area contributed by atoms with Gasteiger partial charge in [0, 0.05) is 53.7 Å². The topological polar surface area (TPSA) is 224 Å². The summed E-state index contributed by atoms with van der Waals surface area (Å²) in [5.41, 5.74) is 9.03. The number of sulfonamides is 1. The van der Waals surface area contributed by atoms with Crippen LogP contribution in [-0.2, 0) is 53.8 Å². The number of nitrogens with zero attached hydrogens (tertiary/aromatic N) is 8. The Morgan fingerprint density at radius 2 is 1.65 bits per heavy atom. The van der Waals surface area contributed by atoms with E-state index in [1.165, 1.54) is 9.18 Å². The fourth-order valence-corrected chi connectivity index (χ4v) is 12.8. The lowest BCUT2D eigenvalue weighted by Gasteiger charge is -2.24. The first-order chi connectivity index (χ1) is 37.5. The van der Waals surface area contributed by atoms with Crippen molar-refractivity contribution in [2.45, 2.75) is 89.8 Å². The van der Waals surface area contributed by atoms with Gasteiger partial charge in [-0.05, 0) is 117 Å². The molecule has 0 spiro atoms. The summed E-state index contributed by atoms with van der Waals surface area (Å²) >= 11 is 7.91. The van der Waals surface area contributed by atoms with Gasteiger partial charge in [-0.2, -0.15) is 4.31 Å². The number of thiophene rings is 1. The van der Waals surface area contributed by atoms with Gasteiger partial charge in [-0.1, -0.05) is 53.2 Å². The number of aryl methyl sites for hydroxylation is 5. The second-order valence-electron chi connectivity index (χ2n) is 19.5. The Bertz CT molecular complexity index is 3470. The van der Waals surface area contributed by atoms with Crippen LogP contribution in [0.3, 0.4) is 0 Å². The number of methoxy groups -OCH3 is 1. The molecular formula is C56H64ClN9O10S2. The van der Waals surface area contributed by atoms with Crippen LogP contribution in [0.15, 0.2) is 82.7 Å². The zero-order valence-electron chi connectivity index (χ0n) is 44.7. The number of carbonyl (C=O) groups excluding carboxylic acids is 1. The molecule has 0 saturated carbocycles. The van der Waals surface area contributed by atoms with E-state index in [1.807, 2.05) is 86.0 Å². The Morgan fingerprint density at radius 3 is 2.40 bits per heavy atom. The van der Waals surface area contributed by atoms with E-state index >= 15 is 0 Å². The molecule has 0 saturated heterocycles. The molecule has 3 atom stereocenters. The smallest absolute Gasteiger partial charge is 0.304 e. The molecule has 5 heterocycles. The minimum absolute atomic E-state index is 0.0625.